The third kappa shape index (κ3) is 3.20. The molecule has 0 saturated carbocycles. The number of aldehydes is 1. The molecule has 20 heavy (non-hydrogen) atoms. The smallest absolute Gasteiger partial charge is 0.408 e. The van der Waals surface area contributed by atoms with E-state index in [2.05, 4.69) is 5.32 Å². The van der Waals surface area contributed by atoms with Gasteiger partial charge < -0.3 is 14.8 Å². The normalized spacial score (nSPS) is 17.2. The second-order valence-electron chi connectivity index (χ2n) is 6.36. The third-order valence-corrected chi connectivity index (χ3v) is 4.73. The van der Waals surface area contributed by atoms with E-state index in [0.717, 1.165) is 24.0 Å². The molecule has 1 aromatic rings. The molecule has 2 rings (SSSR count). The molecule has 0 saturated heterocycles. The minimum absolute atomic E-state index is 0.569. The summed E-state index contributed by atoms with van der Waals surface area (Å²) < 4.78 is 5.23. The Morgan fingerprint density at radius 1 is 1.35 bits per heavy atom. The molecule has 0 fully saturated rings. The van der Waals surface area contributed by atoms with Gasteiger partial charge in [-0.1, -0.05) is 0 Å². The number of amides is 1. The van der Waals surface area contributed by atoms with Crippen molar-refractivity contribution in [3.63, 3.8) is 0 Å². The highest BCUT2D eigenvalue weighted by Crippen LogP contribution is 2.35. The van der Waals surface area contributed by atoms with Gasteiger partial charge in [0.05, 0.1) is 0 Å². The van der Waals surface area contributed by atoms with Crippen LogP contribution >= 0.6 is 11.3 Å². The lowest BCUT2D eigenvalue weighted by Crippen LogP contribution is -2.46. The van der Waals surface area contributed by atoms with Gasteiger partial charge >= 0.3 is 6.09 Å². The van der Waals surface area contributed by atoms with Gasteiger partial charge in [-0.3, -0.25) is 0 Å². The molecule has 0 spiro atoms. The molecule has 110 valence electrons. The molecule has 1 unspecified atom stereocenters. The van der Waals surface area contributed by atoms with E-state index in [-0.39, 0.29) is 0 Å². The first-order valence-electron chi connectivity index (χ1n) is 6.83. The quantitative estimate of drug-likeness (QED) is 0.871. The number of aryl methyl sites for hydroxylation is 2. The second-order valence-corrected chi connectivity index (χ2v) is 7.50. The average molecular weight is 295 g/mol. The van der Waals surface area contributed by atoms with Crippen molar-refractivity contribution in [2.24, 2.45) is 0 Å². The summed E-state index contributed by atoms with van der Waals surface area (Å²) in [5.74, 6) is 0. The van der Waals surface area contributed by atoms with Crippen molar-refractivity contribution < 1.29 is 14.3 Å². The number of hydrogen-bond donors (Lipinski definition) is 1. The maximum atomic E-state index is 11.9. The summed E-state index contributed by atoms with van der Waals surface area (Å²) in [6, 6.07) is 2.04. The van der Waals surface area contributed by atoms with Crippen molar-refractivity contribution in [1.29, 1.82) is 0 Å². The predicted molar refractivity (Wildman–Crippen MR) is 79.1 cm³/mol. The summed E-state index contributed by atoms with van der Waals surface area (Å²) in [6.45, 7) is 7.10. The van der Waals surface area contributed by atoms with Crippen molar-refractivity contribution in [2.75, 3.05) is 0 Å². The Kier molecular flexibility index (Phi) is 3.91. The Balaban J connectivity index is 2.16. The summed E-state index contributed by atoms with van der Waals surface area (Å²) >= 11 is 1.61. The van der Waals surface area contributed by atoms with Crippen LogP contribution < -0.4 is 5.32 Å². The SMILES string of the molecule is CC(C)(C)OC(=O)NC(C)(C=O)c1cc2c(s1)CCC2. The van der Waals surface area contributed by atoms with Gasteiger partial charge in [0, 0.05) is 9.75 Å². The lowest BCUT2D eigenvalue weighted by Gasteiger charge is -2.26. The molecule has 0 bridgehead atoms. The van der Waals surface area contributed by atoms with Gasteiger partial charge in [0.2, 0.25) is 0 Å². The van der Waals surface area contributed by atoms with Crippen molar-refractivity contribution in [3.05, 3.63) is 21.4 Å². The van der Waals surface area contributed by atoms with Gasteiger partial charge in [0.1, 0.15) is 11.1 Å². The van der Waals surface area contributed by atoms with Crippen molar-refractivity contribution in [3.8, 4) is 0 Å². The fourth-order valence-corrected chi connectivity index (χ4v) is 3.57. The van der Waals surface area contributed by atoms with Gasteiger partial charge in [0.15, 0.2) is 6.29 Å². The summed E-state index contributed by atoms with van der Waals surface area (Å²) in [6.07, 6.45) is 3.52. The van der Waals surface area contributed by atoms with E-state index in [9.17, 15) is 9.59 Å². The summed E-state index contributed by atoms with van der Waals surface area (Å²) in [5.41, 5.74) is -0.285. The van der Waals surface area contributed by atoms with E-state index in [1.165, 1.54) is 16.9 Å². The molecule has 0 radical (unpaired) electrons. The molecule has 1 aliphatic carbocycles. The monoisotopic (exact) mass is 295 g/mol. The van der Waals surface area contributed by atoms with Crippen molar-refractivity contribution in [1.82, 2.24) is 5.32 Å². The van der Waals surface area contributed by atoms with Crippen molar-refractivity contribution in [2.45, 2.75) is 58.1 Å². The molecule has 1 aliphatic rings. The van der Waals surface area contributed by atoms with E-state index >= 15 is 0 Å². The summed E-state index contributed by atoms with van der Waals surface area (Å²) in [7, 11) is 0. The van der Waals surface area contributed by atoms with Gasteiger partial charge in [-0.15, -0.1) is 11.3 Å². The molecular weight excluding hydrogens is 274 g/mol. The Labute approximate surface area is 123 Å². The molecule has 5 heteroatoms. The Hall–Kier alpha value is -1.36. The Bertz CT molecular complexity index is 508. The van der Waals surface area contributed by atoms with Crippen LogP contribution in [0.2, 0.25) is 0 Å². The highest BCUT2D eigenvalue weighted by molar-refractivity contribution is 7.12. The van der Waals surface area contributed by atoms with Crippen LogP contribution in [-0.2, 0) is 27.9 Å². The number of thiophene rings is 1. The van der Waals surface area contributed by atoms with E-state index in [0.29, 0.717) is 0 Å². The van der Waals surface area contributed by atoms with Crippen LogP contribution in [-0.4, -0.2) is 18.0 Å². The maximum Gasteiger partial charge on any atom is 0.408 e. The average Bonchev–Trinajstić information content (AvgIpc) is 2.85. The lowest BCUT2D eigenvalue weighted by atomic mass is 10.0. The van der Waals surface area contributed by atoms with Crippen LogP contribution in [0, 0.1) is 0 Å². The van der Waals surface area contributed by atoms with Crippen molar-refractivity contribution >= 4 is 23.7 Å². The van der Waals surface area contributed by atoms with E-state index < -0.39 is 17.2 Å². The summed E-state index contributed by atoms with van der Waals surface area (Å²) in [4.78, 5) is 25.6. The molecule has 1 atom stereocenters. The number of nitrogens with one attached hydrogen (secondary N) is 1. The summed E-state index contributed by atoms with van der Waals surface area (Å²) in [5, 5.41) is 2.69. The molecular formula is C15H21NO3S. The zero-order chi connectivity index (χ0) is 15.0. The number of rotatable bonds is 3. The van der Waals surface area contributed by atoms with Crippen LogP contribution in [0.5, 0.6) is 0 Å². The molecule has 4 nitrogen and oxygen atoms in total. The first-order chi connectivity index (χ1) is 9.23. The fraction of sp³-hybridized carbons (Fsp3) is 0.600. The first-order valence-corrected chi connectivity index (χ1v) is 7.65. The second kappa shape index (κ2) is 5.20. The molecule has 1 amide bonds. The Morgan fingerprint density at radius 2 is 2.05 bits per heavy atom. The third-order valence-electron chi connectivity index (χ3n) is 3.25. The maximum absolute atomic E-state index is 11.9. The highest BCUT2D eigenvalue weighted by atomic mass is 32.1. The molecule has 1 N–H and O–H groups in total. The van der Waals surface area contributed by atoms with Gasteiger partial charge in [0.25, 0.3) is 0 Å². The number of carbonyl (C=O) groups is 2. The predicted octanol–water partition coefficient (Wildman–Crippen LogP) is 3.18. The standard InChI is InChI=1S/C15H21NO3S/c1-14(2,3)19-13(18)16-15(4,9-17)12-8-10-6-5-7-11(10)20-12/h8-9H,5-7H2,1-4H3,(H,16,18). The minimum Gasteiger partial charge on any atom is -0.444 e. The van der Waals surface area contributed by atoms with Gasteiger partial charge in [-0.25, -0.2) is 4.79 Å². The van der Waals surface area contributed by atoms with E-state index in [4.69, 9.17) is 4.74 Å². The lowest BCUT2D eigenvalue weighted by molar-refractivity contribution is -0.113. The molecule has 1 heterocycles. The highest BCUT2D eigenvalue weighted by Gasteiger charge is 2.33. The fourth-order valence-electron chi connectivity index (χ4n) is 2.25. The van der Waals surface area contributed by atoms with Crippen LogP contribution in [0.15, 0.2) is 6.07 Å². The Morgan fingerprint density at radius 3 is 2.60 bits per heavy atom. The number of carbonyl (C=O) groups excluding carboxylic acids is 2. The molecule has 0 aromatic carbocycles. The van der Waals surface area contributed by atoms with E-state index in [1.54, 1.807) is 39.0 Å². The van der Waals surface area contributed by atoms with Crippen LogP contribution in [0.4, 0.5) is 4.79 Å². The zero-order valence-electron chi connectivity index (χ0n) is 12.4. The van der Waals surface area contributed by atoms with E-state index in [1.807, 2.05) is 6.07 Å². The number of hydrogen-bond acceptors (Lipinski definition) is 4. The van der Waals surface area contributed by atoms with Crippen LogP contribution in [0.3, 0.4) is 0 Å². The number of fused-ring (bicyclic) bond motifs is 1. The number of ether oxygens (including phenoxy) is 1. The zero-order valence-corrected chi connectivity index (χ0v) is 13.2. The van der Waals surface area contributed by atoms with Crippen LogP contribution in [0.25, 0.3) is 0 Å². The minimum atomic E-state index is -1.02. The number of alkyl carbamates (subject to hydrolysis) is 1. The molecule has 1 aromatic heterocycles. The van der Waals surface area contributed by atoms with Crippen LogP contribution in [0.1, 0.15) is 49.4 Å². The van der Waals surface area contributed by atoms with Gasteiger partial charge in [-0.05, 0) is 58.6 Å². The van der Waals surface area contributed by atoms with Gasteiger partial charge in [-0.2, -0.15) is 0 Å². The molecule has 0 aliphatic heterocycles. The largest absolute Gasteiger partial charge is 0.444 e. The first kappa shape index (κ1) is 15.0. The topological polar surface area (TPSA) is 55.4 Å².